The van der Waals surface area contributed by atoms with Crippen molar-refractivity contribution in [3.05, 3.63) is 29.8 Å². The molecule has 1 N–H and O–H groups in total. The maximum Gasteiger partial charge on any atom is 0.119 e. The van der Waals surface area contributed by atoms with Gasteiger partial charge in [-0.2, -0.15) is 0 Å². The lowest BCUT2D eigenvalue weighted by molar-refractivity contribution is 0.242. The van der Waals surface area contributed by atoms with E-state index in [1.165, 1.54) is 0 Å². The van der Waals surface area contributed by atoms with E-state index < -0.39 is 10.8 Å². The zero-order valence-electron chi connectivity index (χ0n) is 13.2. The molecule has 2 atom stereocenters. The van der Waals surface area contributed by atoms with Crippen molar-refractivity contribution in [3.8, 4) is 5.75 Å². The molecule has 114 valence electrons. The summed E-state index contributed by atoms with van der Waals surface area (Å²) in [6, 6.07) is 8.18. The predicted molar refractivity (Wildman–Crippen MR) is 86.7 cm³/mol. The molecule has 0 heterocycles. The van der Waals surface area contributed by atoms with Crippen molar-refractivity contribution in [2.75, 3.05) is 18.6 Å². The van der Waals surface area contributed by atoms with Crippen molar-refractivity contribution in [1.82, 2.24) is 5.32 Å². The van der Waals surface area contributed by atoms with Gasteiger partial charge in [0, 0.05) is 28.3 Å². The topological polar surface area (TPSA) is 38.3 Å². The van der Waals surface area contributed by atoms with E-state index in [0.717, 1.165) is 17.1 Å². The first-order chi connectivity index (χ1) is 9.42. The number of hydrogen-bond donors (Lipinski definition) is 1. The van der Waals surface area contributed by atoms with Gasteiger partial charge in [0.1, 0.15) is 5.75 Å². The molecule has 0 bridgehead atoms. The fourth-order valence-electron chi connectivity index (χ4n) is 2.02. The molecule has 20 heavy (non-hydrogen) atoms. The summed E-state index contributed by atoms with van der Waals surface area (Å²) in [5.41, 5.74) is 1.15. The molecule has 0 fully saturated rings. The summed E-state index contributed by atoms with van der Waals surface area (Å²) in [7, 11) is 1.12. The zero-order valence-corrected chi connectivity index (χ0v) is 14.0. The highest BCUT2D eigenvalue weighted by Gasteiger charge is 2.14. The summed E-state index contributed by atoms with van der Waals surface area (Å²) in [4.78, 5) is 0. The molecule has 0 radical (unpaired) electrons. The largest absolute Gasteiger partial charge is 0.491 e. The Morgan fingerprint density at radius 3 is 2.15 bits per heavy atom. The summed E-state index contributed by atoms with van der Waals surface area (Å²) in [6.07, 6.45) is 0.180. The standard InChI is InChI=1S/C16H27NO2S/c1-12(2)10-20(18)11-16(17-5)14-6-8-15(9-7-14)19-13(3)4/h6-9,12-13,16-17H,10-11H2,1-5H3. The number of ether oxygens (including phenoxy) is 1. The summed E-state index contributed by atoms with van der Waals surface area (Å²) >= 11 is 0. The quantitative estimate of drug-likeness (QED) is 0.801. The SMILES string of the molecule is CNC(CS(=O)CC(C)C)c1ccc(OC(C)C)cc1. The number of hydrogen-bond acceptors (Lipinski definition) is 3. The van der Waals surface area contributed by atoms with Crippen molar-refractivity contribution in [2.24, 2.45) is 5.92 Å². The van der Waals surface area contributed by atoms with Gasteiger partial charge in [-0.15, -0.1) is 0 Å². The van der Waals surface area contributed by atoms with Crippen LogP contribution < -0.4 is 10.1 Å². The van der Waals surface area contributed by atoms with Crippen LogP contribution in [0, 0.1) is 5.92 Å². The molecule has 1 rings (SSSR count). The van der Waals surface area contributed by atoms with Gasteiger partial charge in [-0.05, 0) is 44.5 Å². The Morgan fingerprint density at radius 2 is 1.70 bits per heavy atom. The molecule has 0 saturated carbocycles. The molecule has 3 nitrogen and oxygen atoms in total. The second kappa shape index (κ2) is 8.42. The van der Waals surface area contributed by atoms with Gasteiger partial charge in [0.25, 0.3) is 0 Å². The number of rotatable bonds is 8. The van der Waals surface area contributed by atoms with Crippen molar-refractivity contribution in [3.63, 3.8) is 0 Å². The van der Waals surface area contributed by atoms with E-state index in [4.69, 9.17) is 4.74 Å². The molecule has 0 spiro atoms. The molecule has 1 aromatic rings. The minimum Gasteiger partial charge on any atom is -0.491 e. The van der Waals surface area contributed by atoms with Crippen LogP contribution in [0.2, 0.25) is 0 Å². The van der Waals surface area contributed by atoms with Gasteiger partial charge in [0.05, 0.1) is 6.10 Å². The Morgan fingerprint density at radius 1 is 1.10 bits per heavy atom. The van der Waals surface area contributed by atoms with E-state index in [1.54, 1.807) is 0 Å². The average molecular weight is 297 g/mol. The lowest BCUT2D eigenvalue weighted by atomic mass is 10.1. The lowest BCUT2D eigenvalue weighted by Gasteiger charge is -2.18. The van der Waals surface area contributed by atoms with Crippen LogP contribution in [-0.4, -0.2) is 28.9 Å². The molecular weight excluding hydrogens is 270 g/mol. The molecule has 0 aliphatic heterocycles. The summed E-state index contributed by atoms with van der Waals surface area (Å²) in [5.74, 6) is 2.75. The van der Waals surface area contributed by atoms with Gasteiger partial charge >= 0.3 is 0 Å². The van der Waals surface area contributed by atoms with Crippen molar-refractivity contribution >= 4 is 10.8 Å². The third-order valence-electron chi connectivity index (χ3n) is 2.87. The monoisotopic (exact) mass is 297 g/mol. The molecule has 0 aliphatic carbocycles. The van der Waals surface area contributed by atoms with Crippen molar-refractivity contribution in [2.45, 2.75) is 39.8 Å². The van der Waals surface area contributed by atoms with Gasteiger partial charge < -0.3 is 10.1 Å². The van der Waals surface area contributed by atoms with E-state index in [0.29, 0.717) is 11.7 Å². The van der Waals surface area contributed by atoms with Crippen LogP contribution in [0.3, 0.4) is 0 Å². The Hall–Kier alpha value is -0.870. The second-order valence-electron chi connectivity index (χ2n) is 5.74. The zero-order chi connectivity index (χ0) is 15.1. The summed E-state index contributed by atoms with van der Waals surface area (Å²) in [6.45, 7) is 8.23. The van der Waals surface area contributed by atoms with Crippen LogP contribution in [0.4, 0.5) is 0 Å². The summed E-state index contributed by atoms with van der Waals surface area (Å²) < 4.78 is 17.7. The molecule has 2 unspecified atom stereocenters. The predicted octanol–water partition coefficient (Wildman–Crippen LogP) is 3.14. The molecule has 4 heteroatoms. The van der Waals surface area contributed by atoms with E-state index in [2.05, 4.69) is 19.2 Å². The number of nitrogens with one attached hydrogen (secondary N) is 1. The summed E-state index contributed by atoms with van der Waals surface area (Å²) in [5, 5.41) is 3.25. The van der Waals surface area contributed by atoms with E-state index in [9.17, 15) is 4.21 Å². The Bertz CT molecular complexity index is 415. The first-order valence-corrected chi connectivity index (χ1v) is 8.70. The van der Waals surface area contributed by atoms with Gasteiger partial charge in [0.2, 0.25) is 0 Å². The maximum atomic E-state index is 12.1. The van der Waals surface area contributed by atoms with E-state index >= 15 is 0 Å². The maximum absolute atomic E-state index is 12.1. The molecular formula is C16H27NO2S. The van der Waals surface area contributed by atoms with E-state index in [1.807, 2.05) is 45.2 Å². The first-order valence-electron chi connectivity index (χ1n) is 7.21. The highest BCUT2D eigenvalue weighted by Crippen LogP contribution is 2.19. The van der Waals surface area contributed by atoms with Crippen LogP contribution in [0.5, 0.6) is 5.75 Å². The Balaban J connectivity index is 2.67. The molecule has 0 aromatic heterocycles. The number of benzene rings is 1. The van der Waals surface area contributed by atoms with E-state index in [-0.39, 0.29) is 12.1 Å². The Labute approximate surface area is 125 Å². The highest BCUT2D eigenvalue weighted by atomic mass is 32.2. The average Bonchev–Trinajstić information content (AvgIpc) is 2.35. The van der Waals surface area contributed by atoms with Crippen LogP contribution in [-0.2, 0) is 10.8 Å². The minimum atomic E-state index is -0.789. The normalized spacial score (nSPS) is 14.6. The molecule has 0 amide bonds. The van der Waals surface area contributed by atoms with Crippen LogP contribution >= 0.6 is 0 Å². The van der Waals surface area contributed by atoms with Gasteiger partial charge in [0.15, 0.2) is 0 Å². The minimum absolute atomic E-state index is 0.127. The first kappa shape index (κ1) is 17.2. The smallest absolute Gasteiger partial charge is 0.119 e. The van der Waals surface area contributed by atoms with Gasteiger partial charge in [-0.1, -0.05) is 26.0 Å². The third kappa shape index (κ3) is 6.06. The fraction of sp³-hybridized carbons (Fsp3) is 0.625. The van der Waals surface area contributed by atoms with Crippen LogP contribution in [0.15, 0.2) is 24.3 Å². The second-order valence-corrected chi connectivity index (χ2v) is 7.29. The van der Waals surface area contributed by atoms with Crippen molar-refractivity contribution in [1.29, 1.82) is 0 Å². The highest BCUT2D eigenvalue weighted by molar-refractivity contribution is 7.85. The van der Waals surface area contributed by atoms with Crippen molar-refractivity contribution < 1.29 is 8.95 Å². The fourth-order valence-corrected chi connectivity index (χ4v) is 3.63. The molecule has 0 saturated heterocycles. The van der Waals surface area contributed by atoms with Crippen LogP contribution in [0.25, 0.3) is 0 Å². The lowest BCUT2D eigenvalue weighted by Crippen LogP contribution is -2.24. The van der Waals surface area contributed by atoms with Crippen LogP contribution in [0.1, 0.15) is 39.3 Å². The van der Waals surface area contributed by atoms with Gasteiger partial charge in [-0.25, -0.2) is 0 Å². The third-order valence-corrected chi connectivity index (χ3v) is 4.62. The molecule has 0 aliphatic rings. The Kier molecular flexibility index (Phi) is 7.24. The van der Waals surface area contributed by atoms with Gasteiger partial charge in [-0.3, -0.25) is 4.21 Å². The molecule has 1 aromatic carbocycles.